The number of nitrogens with two attached hydrogens (primary N) is 1. The van der Waals surface area contributed by atoms with Gasteiger partial charge in [-0.2, -0.15) is 0 Å². The monoisotopic (exact) mass is 519 g/mol. The van der Waals surface area contributed by atoms with Crippen LogP contribution >= 0.6 is 11.6 Å². The summed E-state index contributed by atoms with van der Waals surface area (Å²) in [5.74, 6) is 0.968. The van der Waals surface area contributed by atoms with E-state index in [1.807, 2.05) is 30.3 Å². The van der Waals surface area contributed by atoms with Gasteiger partial charge in [-0.1, -0.05) is 56.2 Å². The maximum absolute atomic E-state index is 13.2. The number of rotatable bonds is 6. The highest BCUT2D eigenvalue weighted by Gasteiger charge is 2.27. The second-order valence-corrected chi connectivity index (χ2v) is 10.5. The number of aliphatic imine (C=N–C) groups is 1. The molecule has 2 aliphatic rings. The molecule has 2 heterocycles. The van der Waals surface area contributed by atoms with Crippen LogP contribution in [0.1, 0.15) is 80.5 Å². The molecule has 0 saturated heterocycles. The normalized spacial score (nSPS) is 21.4. The lowest BCUT2D eigenvalue weighted by Crippen LogP contribution is -2.38. The number of nitrogens with zero attached hydrogens (tertiary/aromatic N) is 4. The van der Waals surface area contributed by atoms with Crippen molar-refractivity contribution in [2.75, 3.05) is 5.32 Å². The zero-order chi connectivity index (χ0) is 25.6. The fourth-order valence-electron chi connectivity index (χ4n) is 5.35. The molecule has 1 amide bonds. The van der Waals surface area contributed by atoms with Crippen molar-refractivity contribution < 1.29 is 4.79 Å². The lowest BCUT2D eigenvalue weighted by atomic mass is 9.90. The number of carbonyl (C=O) groups excluding carboxylic acids is 1. The molecule has 5 rings (SSSR count). The molecule has 2 fully saturated rings. The number of nitrogens with one attached hydrogen (secondary N) is 2. The van der Waals surface area contributed by atoms with Crippen molar-refractivity contribution in [1.82, 2.24) is 20.3 Å². The van der Waals surface area contributed by atoms with Crippen LogP contribution < -0.4 is 16.4 Å². The summed E-state index contributed by atoms with van der Waals surface area (Å²) in [5, 5.41) is 8.14. The molecule has 1 aromatic carbocycles. The maximum atomic E-state index is 13.2. The van der Waals surface area contributed by atoms with Crippen LogP contribution in [0.5, 0.6) is 0 Å². The van der Waals surface area contributed by atoms with Crippen LogP contribution in [0.4, 0.5) is 5.82 Å². The summed E-state index contributed by atoms with van der Waals surface area (Å²) < 4.78 is 0. The van der Waals surface area contributed by atoms with Crippen molar-refractivity contribution in [3.05, 3.63) is 59.1 Å². The molecule has 3 aromatic rings. The molecule has 0 unspecified atom stereocenters. The summed E-state index contributed by atoms with van der Waals surface area (Å²) >= 11 is 6.34. The number of anilines is 1. The van der Waals surface area contributed by atoms with Crippen molar-refractivity contribution in [3.8, 4) is 0 Å². The van der Waals surface area contributed by atoms with E-state index < -0.39 is 0 Å². The first-order chi connectivity index (χ1) is 18.1. The van der Waals surface area contributed by atoms with Crippen molar-refractivity contribution >= 4 is 40.1 Å². The minimum absolute atomic E-state index is 0.00543. The van der Waals surface area contributed by atoms with Crippen molar-refractivity contribution in [3.63, 3.8) is 0 Å². The van der Waals surface area contributed by atoms with Crippen LogP contribution in [-0.2, 0) is 0 Å². The molecule has 8 nitrogen and oxygen atoms in total. The van der Waals surface area contributed by atoms with E-state index in [0.717, 1.165) is 56.8 Å². The molecule has 0 aliphatic heterocycles. The summed E-state index contributed by atoms with van der Waals surface area (Å²) in [6.45, 7) is 0. The van der Waals surface area contributed by atoms with Crippen molar-refractivity contribution in [2.24, 2.45) is 10.7 Å². The third-order valence-corrected chi connectivity index (χ3v) is 7.57. The van der Waals surface area contributed by atoms with Gasteiger partial charge in [-0.25, -0.2) is 9.97 Å². The van der Waals surface area contributed by atoms with Gasteiger partial charge in [-0.15, -0.1) is 0 Å². The molecule has 4 N–H and O–H groups in total. The number of hydrogen-bond donors (Lipinski definition) is 3. The highest BCUT2D eigenvalue weighted by molar-refractivity contribution is 6.31. The molecule has 194 valence electrons. The van der Waals surface area contributed by atoms with Crippen LogP contribution in [-0.4, -0.2) is 44.8 Å². The van der Waals surface area contributed by atoms with Crippen molar-refractivity contribution in [1.29, 1.82) is 0 Å². The van der Waals surface area contributed by atoms with Gasteiger partial charge in [-0.3, -0.25) is 14.8 Å². The van der Waals surface area contributed by atoms with Gasteiger partial charge >= 0.3 is 0 Å². The van der Waals surface area contributed by atoms with Gasteiger partial charge in [0.1, 0.15) is 17.3 Å². The van der Waals surface area contributed by atoms with Gasteiger partial charge in [0.05, 0.1) is 11.6 Å². The molecule has 2 aromatic heterocycles. The van der Waals surface area contributed by atoms with Gasteiger partial charge in [0, 0.05) is 28.7 Å². The quantitative estimate of drug-likeness (QED) is 0.232. The molecule has 2 aliphatic carbocycles. The number of hydrogen-bond acceptors (Lipinski definition) is 6. The summed E-state index contributed by atoms with van der Waals surface area (Å²) in [6.07, 6.45) is 12.4. The largest absolute Gasteiger partial charge is 0.382 e. The second kappa shape index (κ2) is 11.9. The number of carbonyl (C=O) groups is 1. The number of fused-ring (bicyclic) bond motifs is 1. The van der Waals surface area contributed by atoms with Gasteiger partial charge in [0.2, 0.25) is 5.82 Å². The Morgan fingerprint density at radius 3 is 2.54 bits per heavy atom. The van der Waals surface area contributed by atoms with E-state index in [4.69, 9.17) is 27.3 Å². The summed E-state index contributed by atoms with van der Waals surface area (Å²) in [5.41, 5.74) is 7.67. The third-order valence-electron chi connectivity index (χ3n) is 7.34. The molecule has 9 heteroatoms. The number of amidine groups is 1. The Kier molecular flexibility index (Phi) is 8.14. The number of pyridine rings is 1. The Morgan fingerprint density at radius 1 is 0.973 bits per heavy atom. The Morgan fingerprint density at radius 2 is 1.76 bits per heavy atom. The highest BCUT2D eigenvalue weighted by Crippen LogP contribution is 2.29. The number of amides is 1. The SMILES string of the molecule is NC(=N[C@@H]1CCCC[C@@H]1Nc1nc(C(=O)NC2CCCCCC2)nc2ccc(Cl)cc12)c1ccccn1. The number of aromatic nitrogens is 3. The van der Waals surface area contributed by atoms with E-state index in [9.17, 15) is 4.79 Å². The first-order valence-corrected chi connectivity index (χ1v) is 13.7. The molecule has 2 atom stereocenters. The summed E-state index contributed by atoms with van der Waals surface area (Å²) in [4.78, 5) is 31.7. The van der Waals surface area contributed by atoms with Crippen LogP contribution in [0.2, 0.25) is 5.02 Å². The Bertz CT molecular complexity index is 1260. The molecule has 0 radical (unpaired) electrons. The molecular weight excluding hydrogens is 486 g/mol. The highest BCUT2D eigenvalue weighted by atomic mass is 35.5. The minimum Gasteiger partial charge on any atom is -0.382 e. The first kappa shape index (κ1) is 25.4. The second-order valence-electron chi connectivity index (χ2n) is 10.1. The molecule has 0 bridgehead atoms. The molecular formula is C28H34ClN7O. The Hall–Kier alpha value is -3.26. The zero-order valence-corrected chi connectivity index (χ0v) is 21.8. The first-order valence-electron chi connectivity index (χ1n) is 13.4. The lowest BCUT2D eigenvalue weighted by Gasteiger charge is -2.30. The number of benzene rings is 1. The van der Waals surface area contributed by atoms with E-state index in [-0.39, 0.29) is 29.9 Å². The van der Waals surface area contributed by atoms with E-state index in [0.29, 0.717) is 27.9 Å². The van der Waals surface area contributed by atoms with Crippen LogP contribution in [0.15, 0.2) is 47.6 Å². The molecule has 0 spiro atoms. The zero-order valence-electron chi connectivity index (χ0n) is 21.0. The van der Waals surface area contributed by atoms with Crippen molar-refractivity contribution in [2.45, 2.75) is 82.3 Å². The molecule has 37 heavy (non-hydrogen) atoms. The summed E-state index contributed by atoms with van der Waals surface area (Å²) in [7, 11) is 0. The van der Waals surface area contributed by atoms with Crippen LogP contribution in [0.25, 0.3) is 10.9 Å². The smallest absolute Gasteiger partial charge is 0.289 e. The van der Waals surface area contributed by atoms with Crippen LogP contribution in [0.3, 0.4) is 0 Å². The predicted molar refractivity (Wildman–Crippen MR) is 148 cm³/mol. The minimum atomic E-state index is -0.232. The third kappa shape index (κ3) is 6.36. The fraction of sp³-hybridized carbons (Fsp3) is 0.464. The van der Waals surface area contributed by atoms with E-state index >= 15 is 0 Å². The maximum Gasteiger partial charge on any atom is 0.289 e. The summed E-state index contributed by atoms with van der Waals surface area (Å²) in [6, 6.07) is 11.2. The predicted octanol–water partition coefficient (Wildman–Crippen LogP) is 5.26. The Labute approximate surface area is 222 Å². The van der Waals surface area contributed by atoms with E-state index in [1.165, 1.54) is 12.8 Å². The number of halogens is 1. The average Bonchev–Trinajstić information content (AvgIpc) is 3.19. The van der Waals surface area contributed by atoms with Gasteiger partial charge in [-0.05, 0) is 56.0 Å². The fourth-order valence-corrected chi connectivity index (χ4v) is 5.53. The molecule has 2 saturated carbocycles. The van der Waals surface area contributed by atoms with Gasteiger partial charge < -0.3 is 16.4 Å². The standard InChI is InChI=1S/C28H34ClN7O/c29-18-14-15-21-20(17-18)26(36-27(34-21)28(37)32-19-9-3-1-2-4-10-19)35-23-12-6-5-11-22(23)33-25(30)24-13-7-8-16-31-24/h7-8,13-17,19,22-23H,1-6,9-12H2,(H2,30,33)(H,32,37)(H,34,35,36)/t22-,23+/m1/s1. The van der Waals surface area contributed by atoms with Gasteiger partial charge in [0.15, 0.2) is 0 Å². The van der Waals surface area contributed by atoms with Crippen LogP contribution in [0, 0.1) is 0 Å². The average molecular weight is 520 g/mol. The van der Waals surface area contributed by atoms with Gasteiger partial charge in [0.25, 0.3) is 5.91 Å². The topological polar surface area (TPSA) is 118 Å². The lowest BCUT2D eigenvalue weighted by molar-refractivity contribution is 0.0923. The van der Waals surface area contributed by atoms with E-state index in [1.54, 1.807) is 12.3 Å². The van der Waals surface area contributed by atoms with E-state index in [2.05, 4.69) is 20.6 Å². The Balaban J connectivity index is 1.43.